The maximum absolute atomic E-state index is 12.5. The lowest BCUT2D eigenvalue weighted by atomic mass is 10.2. The summed E-state index contributed by atoms with van der Waals surface area (Å²) in [4.78, 5) is 12.5. The Labute approximate surface area is 160 Å². The smallest absolute Gasteiger partial charge is 0.265 e. The van der Waals surface area contributed by atoms with Crippen LogP contribution in [-0.4, -0.2) is 31.3 Å². The summed E-state index contributed by atoms with van der Waals surface area (Å²) in [6.45, 7) is 5.33. The molecule has 1 saturated heterocycles. The molecule has 0 bridgehead atoms. The summed E-state index contributed by atoms with van der Waals surface area (Å²) < 4.78 is 17.1. The van der Waals surface area contributed by atoms with Gasteiger partial charge in [-0.1, -0.05) is 24.6 Å². The minimum Gasteiger partial charge on any atom is -0.491 e. The third-order valence-electron chi connectivity index (χ3n) is 4.54. The summed E-state index contributed by atoms with van der Waals surface area (Å²) in [5.41, 5.74) is 1.87. The van der Waals surface area contributed by atoms with Crippen molar-refractivity contribution in [3.63, 3.8) is 0 Å². The van der Waals surface area contributed by atoms with Crippen molar-refractivity contribution in [1.29, 1.82) is 0 Å². The van der Waals surface area contributed by atoms with Crippen molar-refractivity contribution in [3.05, 3.63) is 54.1 Å². The van der Waals surface area contributed by atoms with Gasteiger partial charge in [0, 0.05) is 12.3 Å². The molecule has 1 heterocycles. The normalized spacial score (nSPS) is 17.3. The van der Waals surface area contributed by atoms with Crippen LogP contribution in [0.15, 0.2) is 48.5 Å². The summed E-state index contributed by atoms with van der Waals surface area (Å²) in [5, 5.41) is 2.90. The summed E-state index contributed by atoms with van der Waals surface area (Å²) in [6.07, 6.45) is 2.38. The number of hydrogen-bond donors (Lipinski definition) is 1. The van der Waals surface area contributed by atoms with Crippen LogP contribution in [-0.2, 0) is 9.53 Å². The summed E-state index contributed by atoms with van der Waals surface area (Å²) >= 11 is 0. The minimum absolute atomic E-state index is 0.161. The van der Waals surface area contributed by atoms with Crippen LogP contribution in [0.5, 0.6) is 11.5 Å². The van der Waals surface area contributed by atoms with E-state index < -0.39 is 6.10 Å². The van der Waals surface area contributed by atoms with E-state index in [9.17, 15) is 4.79 Å². The fraction of sp³-hybridized carbons (Fsp3) is 0.409. The van der Waals surface area contributed by atoms with Crippen LogP contribution in [0, 0.1) is 6.92 Å². The molecule has 1 amide bonds. The van der Waals surface area contributed by atoms with E-state index in [1.807, 2.05) is 62.4 Å². The van der Waals surface area contributed by atoms with Gasteiger partial charge in [-0.25, -0.2) is 0 Å². The van der Waals surface area contributed by atoms with Gasteiger partial charge in [0.2, 0.25) is 0 Å². The van der Waals surface area contributed by atoms with Gasteiger partial charge >= 0.3 is 0 Å². The van der Waals surface area contributed by atoms with Crippen molar-refractivity contribution in [3.8, 4) is 11.5 Å². The SMILES string of the molecule is CC[C@H](Oc1ccc(C)cc1)C(=O)Nc1ccc(OC[C@H]2CCCO2)cc1. The zero-order valence-electron chi connectivity index (χ0n) is 15.9. The average molecular weight is 369 g/mol. The van der Waals surface area contributed by atoms with Gasteiger partial charge in [0.25, 0.3) is 5.91 Å². The first-order chi connectivity index (χ1) is 13.1. The Morgan fingerprint density at radius 1 is 1.15 bits per heavy atom. The highest BCUT2D eigenvalue weighted by Crippen LogP contribution is 2.20. The predicted molar refractivity (Wildman–Crippen MR) is 105 cm³/mol. The monoisotopic (exact) mass is 369 g/mol. The molecule has 1 fully saturated rings. The van der Waals surface area contributed by atoms with Crippen molar-refractivity contribution in [2.75, 3.05) is 18.5 Å². The number of anilines is 1. The first-order valence-electron chi connectivity index (χ1n) is 9.52. The number of rotatable bonds is 8. The fourth-order valence-electron chi connectivity index (χ4n) is 2.93. The predicted octanol–water partition coefficient (Wildman–Crippen LogP) is 4.35. The molecular formula is C22H27NO4. The Hall–Kier alpha value is -2.53. The van der Waals surface area contributed by atoms with Crippen LogP contribution in [0.2, 0.25) is 0 Å². The maximum atomic E-state index is 12.5. The molecule has 5 heteroatoms. The average Bonchev–Trinajstić information content (AvgIpc) is 3.20. The van der Waals surface area contributed by atoms with Gasteiger partial charge in [0.1, 0.15) is 18.1 Å². The zero-order chi connectivity index (χ0) is 19.1. The molecule has 2 aromatic carbocycles. The second-order valence-corrected chi connectivity index (χ2v) is 6.79. The maximum Gasteiger partial charge on any atom is 0.265 e. The fourth-order valence-corrected chi connectivity index (χ4v) is 2.93. The van der Waals surface area contributed by atoms with Gasteiger partial charge in [-0.05, 0) is 62.6 Å². The summed E-state index contributed by atoms with van der Waals surface area (Å²) in [5.74, 6) is 1.30. The number of ether oxygens (including phenoxy) is 3. The van der Waals surface area contributed by atoms with Gasteiger partial charge < -0.3 is 19.5 Å². The quantitative estimate of drug-likeness (QED) is 0.752. The van der Waals surface area contributed by atoms with E-state index in [1.54, 1.807) is 0 Å². The Bertz CT molecular complexity index is 721. The van der Waals surface area contributed by atoms with E-state index in [2.05, 4.69) is 5.32 Å². The Kier molecular flexibility index (Phi) is 6.71. The van der Waals surface area contributed by atoms with Crippen molar-refractivity contribution in [2.24, 2.45) is 0 Å². The number of aryl methyl sites for hydroxylation is 1. The molecule has 0 aromatic heterocycles. The Balaban J connectivity index is 1.51. The molecule has 2 aromatic rings. The molecule has 5 nitrogen and oxygen atoms in total. The molecule has 0 radical (unpaired) electrons. The molecule has 3 rings (SSSR count). The van der Waals surface area contributed by atoms with E-state index in [-0.39, 0.29) is 12.0 Å². The molecular weight excluding hydrogens is 342 g/mol. The zero-order valence-corrected chi connectivity index (χ0v) is 15.9. The van der Waals surface area contributed by atoms with Crippen LogP contribution < -0.4 is 14.8 Å². The van der Waals surface area contributed by atoms with Gasteiger partial charge in [-0.2, -0.15) is 0 Å². The number of amides is 1. The molecule has 1 aliphatic heterocycles. The number of nitrogens with one attached hydrogen (secondary N) is 1. The Morgan fingerprint density at radius 2 is 1.85 bits per heavy atom. The van der Waals surface area contributed by atoms with Crippen molar-refractivity contribution in [2.45, 2.75) is 45.3 Å². The molecule has 0 unspecified atom stereocenters. The van der Waals surface area contributed by atoms with Gasteiger partial charge in [0.15, 0.2) is 6.10 Å². The lowest BCUT2D eigenvalue weighted by Gasteiger charge is -2.17. The van der Waals surface area contributed by atoms with E-state index >= 15 is 0 Å². The van der Waals surface area contributed by atoms with Crippen LogP contribution in [0.3, 0.4) is 0 Å². The molecule has 0 spiro atoms. The molecule has 1 aliphatic rings. The highest BCUT2D eigenvalue weighted by molar-refractivity contribution is 5.94. The van der Waals surface area contributed by atoms with Crippen molar-refractivity contribution < 1.29 is 19.0 Å². The number of benzene rings is 2. The molecule has 1 N–H and O–H groups in total. The summed E-state index contributed by atoms with van der Waals surface area (Å²) in [7, 11) is 0. The number of carbonyl (C=O) groups excluding carboxylic acids is 1. The van der Waals surface area contributed by atoms with Crippen LogP contribution in [0.25, 0.3) is 0 Å². The van der Waals surface area contributed by atoms with E-state index in [1.165, 1.54) is 0 Å². The van der Waals surface area contributed by atoms with Crippen LogP contribution in [0.1, 0.15) is 31.7 Å². The third-order valence-corrected chi connectivity index (χ3v) is 4.54. The highest BCUT2D eigenvalue weighted by Gasteiger charge is 2.19. The second-order valence-electron chi connectivity index (χ2n) is 6.79. The van der Waals surface area contributed by atoms with Crippen LogP contribution in [0.4, 0.5) is 5.69 Å². The topological polar surface area (TPSA) is 56.8 Å². The molecule has 2 atom stereocenters. The van der Waals surface area contributed by atoms with Crippen molar-refractivity contribution in [1.82, 2.24) is 0 Å². The molecule has 0 saturated carbocycles. The molecule has 0 aliphatic carbocycles. The second kappa shape index (κ2) is 9.42. The largest absolute Gasteiger partial charge is 0.491 e. The first kappa shape index (κ1) is 19.2. The van der Waals surface area contributed by atoms with Crippen LogP contribution >= 0.6 is 0 Å². The van der Waals surface area contributed by atoms with E-state index in [4.69, 9.17) is 14.2 Å². The summed E-state index contributed by atoms with van der Waals surface area (Å²) in [6, 6.07) is 15.1. The van der Waals surface area contributed by atoms with Gasteiger partial charge in [-0.15, -0.1) is 0 Å². The lowest BCUT2D eigenvalue weighted by molar-refractivity contribution is -0.122. The standard InChI is InChI=1S/C22H27NO4/c1-3-21(27-19-10-6-16(2)7-11-19)22(24)23-17-8-12-18(13-9-17)26-15-20-5-4-14-25-20/h6-13,20-21H,3-5,14-15H2,1-2H3,(H,23,24)/t20-,21+/m1/s1. The highest BCUT2D eigenvalue weighted by atomic mass is 16.5. The van der Waals surface area contributed by atoms with Gasteiger partial charge in [0.05, 0.1) is 6.10 Å². The Morgan fingerprint density at radius 3 is 2.48 bits per heavy atom. The van der Waals surface area contributed by atoms with E-state index in [0.29, 0.717) is 18.8 Å². The number of hydrogen-bond acceptors (Lipinski definition) is 4. The molecule has 144 valence electrons. The van der Waals surface area contributed by atoms with Gasteiger partial charge in [-0.3, -0.25) is 4.79 Å². The lowest BCUT2D eigenvalue weighted by Crippen LogP contribution is -2.32. The van der Waals surface area contributed by atoms with E-state index in [0.717, 1.165) is 36.4 Å². The number of carbonyl (C=O) groups is 1. The third kappa shape index (κ3) is 5.73. The van der Waals surface area contributed by atoms with Crippen molar-refractivity contribution >= 4 is 11.6 Å². The minimum atomic E-state index is -0.539. The first-order valence-corrected chi connectivity index (χ1v) is 9.52. The molecule has 27 heavy (non-hydrogen) atoms.